The molecule has 3 aromatic carbocycles. The molecule has 0 aliphatic carbocycles. The van der Waals surface area contributed by atoms with Crippen LogP contribution in [0.2, 0.25) is 0 Å². The third-order valence-electron chi connectivity index (χ3n) is 5.72. The summed E-state index contributed by atoms with van der Waals surface area (Å²) in [6.07, 6.45) is 0.717. The van der Waals surface area contributed by atoms with Crippen LogP contribution in [-0.4, -0.2) is 38.2 Å². The number of halogens is 1. The SMILES string of the molecule is CCc1c(-c2ccc(OC)c(OC)c2)nn(-c2ccc(F)cc2)c1-c1ccc(OC)c(OC)c1. The summed E-state index contributed by atoms with van der Waals surface area (Å²) in [6, 6.07) is 17.8. The van der Waals surface area contributed by atoms with Crippen molar-refractivity contribution in [2.75, 3.05) is 28.4 Å². The number of benzene rings is 3. The van der Waals surface area contributed by atoms with Crippen molar-refractivity contribution in [2.24, 2.45) is 0 Å². The Bertz CT molecular complexity index is 1300. The molecule has 0 bridgehead atoms. The van der Waals surface area contributed by atoms with Gasteiger partial charge in [-0.05, 0) is 67.1 Å². The second-order valence-electron chi connectivity index (χ2n) is 7.56. The molecule has 0 aliphatic rings. The number of methoxy groups -OCH3 is 4. The Kier molecular flexibility index (Phi) is 6.72. The number of rotatable bonds is 8. The first-order valence-corrected chi connectivity index (χ1v) is 10.9. The van der Waals surface area contributed by atoms with Crippen LogP contribution in [0.1, 0.15) is 12.5 Å². The van der Waals surface area contributed by atoms with Crippen LogP contribution in [0.15, 0.2) is 60.7 Å². The van der Waals surface area contributed by atoms with Gasteiger partial charge < -0.3 is 18.9 Å². The third kappa shape index (κ3) is 4.17. The molecule has 0 aliphatic heterocycles. The highest BCUT2D eigenvalue weighted by atomic mass is 19.1. The van der Waals surface area contributed by atoms with Crippen LogP contribution >= 0.6 is 0 Å². The number of ether oxygens (including phenoxy) is 4. The van der Waals surface area contributed by atoms with Crippen molar-refractivity contribution >= 4 is 0 Å². The van der Waals surface area contributed by atoms with E-state index in [1.165, 1.54) is 12.1 Å². The molecule has 4 rings (SSSR count). The van der Waals surface area contributed by atoms with Gasteiger partial charge in [-0.1, -0.05) is 6.92 Å². The van der Waals surface area contributed by atoms with Gasteiger partial charge in [0.25, 0.3) is 0 Å². The molecular weight excluding hydrogens is 435 g/mol. The summed E-state index contributed by atoms with van der Waals surface area (Å²) in [4.78, 5) is 0. The Morgan fingerprint density at radius 3 is 1.76 bits per heavy atom. The van der Waals surface area contributed by atoms with E-state index in [-0.39, 0.29) is 5.82 Å². The number of nitrogens with zero attached hydrogens (tertiary/aromatic N) is 2. The van der Waals surface area contributed by atoms with Crippen molar-refractivity contribution in [3.8, 4) is 51.2 Å². The molecule has 0 saturated carbocycles. The van der Waals surface area contributed by atoms with Crippen molar-refractivity contribution < 1.29 is 23.3 Å². The van der Waals surface area contributed by atoms with Gasteiger partial charge in [0, 0.05) is 16.7 Å². The molecule has 0 saturated heterocycles. The maximum Gasteiger partial charge on any atom is 0.161 e. The van der Waals surface area contributed by atoms with E-state index in [0.717, 1.165) is 33.8 Å². The fourth-order valence-corrected chi connectivity index (χ4v) is 4.05. The minimum Gasteiger partial charge on any atom is -0.493 e. The van der Waals surface area contributed by atoms with Gasteiger partial charge in [-0.3, -0.25) is 0 Å². The largest absolute Gasteiger partial charge is 0.493 e. The van der Waals surface area contributed by atoms with Crippen molar-refractivity contribution in [3.05, 3.63) is 72.0 Å². The lowest BCUT2D eigenvalue weighted by Gasteiger charge is -2.13. The van der Waals surface area contributed by atoms with Crippen molar-refractivity contribution in [2.45, 2.75) is 13.3 Å². The Hall–Kier alpha value is -4.00. The number of hydrogen-bond acceptors (Lipinski definition) is 5. The van der Waals surface area contributed by atoms with Gasteiger partial charge in [0.15, 0.2) is 23.0 Å². The van der Waals surface area contributed by atoms with E-state index >= 15 is 0 Å². The topological polar surface area (TPSA) is 54.7 Å². The monoisotopic (exact) mass is 462 g/mol. The summed E-state index contributed by atoms with van der Waals surface area (Å²) in [5.41, 5.74) is 5.25. The van der Waals surface area contributed by atoms with Gasteiger partial charge >= 0.3 is 0 Å². The minimum atomic E-state index is -0.306. The highest BCUT2D eigenvalue weighted by Crippen LogP contribution is 2.40. The van der Waals surface area contributed by atoms with Crippen LogP contribution in [0, 0.1) is 5.82 Å². The van der Waals surface area contributed by atoms with Gasteiger partial charge in [0.2, 0.25) is 0 Å². The Balaban J connectivity index is 2.00. The molecule has 0 amide bonds. The fraction of sp³-hybridized carbons (Fsp3) is 0.222. The predicted octanol–water partition coefficient (Wildman–Crippen LogP) is 5.94. The zero-order valence-electron chi connectivity index (χ0n) is 19.9. The van der Waals surface area contributed by atoms with Crippen molar-refractivity contribution in [3.63, 3.8) is 0 Å². The first kappa shape index (κ1) is 23.2. The summed E-state index contributed by atoms with van der Waals surface area (Å²) in [5.74, 6) is 2.20. The maximum absolute atomic E-state index is 13.7. The molecule has 6 nitrogen and oxygen atoms in total. The summed E-state index contributed by atoms with van der Waals surface area (Å²) in [6.45, 7) is 2.08. The Morgan fingerprint density at radius 1 is 0.706 bits per heavy atom. The molecule has 0 N–H and O–H groups in total. The molecule has 7 heteroatoms. The zero-order chi connectivity index (χ0) is 24.2. The molecule has 1 aromatic heterocycles. The standard InChI is InChI=1S/C27H27FN2O4/c1-6-21-26(17-7-13-22(31-2)24(15-17)33-4)29-30(20-11-9-19(28)10-12-20)27(21)18-8-14-23(32-3)25(16-18)34-5/h7-16H,6H2,1-5H3. The van der Waals surface area contributed by atoms with Gasteiger partial charge in [-0.2, -0.15) is 5.10 Å². The molecule has 0 atom stereocenters. The quantitative estimate of drug-likeness (QED) is 0.324. The molecule has 1 heterocycles. The normalized spacial score (nSPS) is 10.8. The molecule has 4 aromatic rings. The predicted molar refractivity (Wildman–Crippen MR) is 130 cm³/mol. The van der Waals surface area contributed by atoms with Crippen LogP contribution in [0.5, 0.6) is 23.0 Å². The van der Waals surface area contributed by atoms with E-state index < -0.39 is 0 Å². The van der Waals surface area contributed by atoms with Crippen LogP contribution in [0.25, 0.3) is 28.2 Å². The smallest absolute Gasteiger partial charge is 0.161 e. The van der Waals surface area contributed by atoms with E-state index in [4.69, 9.17) is 24.0 Å². The first-order valence-electron chi connectivity index (χ1n) is 10.9. The van der Waals surface area contributed by atoms with Gasteiger partial charge in [0.05, 0.1) is 45.5 Å². The lowest BCUT2D eigenvalue weighted by atomic mass is 9.99. The van der Waals surface area contributed by atoms with Crippen molar-refractivity contribution in [1.29, 1.82) is 0 Å². The lowest BCUT2D eigenvalue weighted by molar-refractivity contribution is 0.355. The first-order chi connectivity index (χ1) is 16.5. The van der Waals surface area contributed by atoms with E-state index in [2.05, 4.69) is 6.92 Å². The molecule has 34 heavy (non-hydrogen) atoms. The van der Waals surface area contributed by atoms with E-state index in [1.807, 2.05) is 41.1 Å². The molecule has 0 fully saturated rings. The zero-order valence-corrected chi connectivity index (χ0v) is 19.9. The Labute approximate surface area is 198 Å². The number of aromatic nitrogens is 2. The van der Waals surface area contributed by atoms with Crippen LogP contribution in [-0.2, 0) is 6.42 Å². The van der Waals surface area contributed by atoms with Crippen LogP contribution in [0.4, 0.5) is 4.39 Å². The van der Waals surface area contributed by atoms with E-state index in [0.29, 0.717) is 29.4 Å². The minimum absolute atomic E-state index is 0.306. The van der Waals surface area contributed by atoms with Crippen LogP contribution < -0.4 is 18.9 Å². The maximum atomic E-state index is 13.7. The number of hydrogen-bond donors (Lipinski definition) is 0. The summed E-state index contributed by atoms with van der Waals surface area (Å²) < 4.78 is 37.4. The van der Waals surface area contributed by atoms with Gasteiger partial charge in [-0.25, -0.2) is 9.07 Å². The Morgan fingerprint density at radius 2 is 1.24 bits per heavy atom. The average molecular weight is 463 g/mol. The van der Waals surface area contributed by atoms with Gasteiger partial charge in [0.1, 0.15) is 5.82 Å². The van der Waals surface area contributed by atoms with E-state index in [1.54, 1.807) is 40.6 Å². The highest BCUT2D eigenvalue weighted by Gasteiger charge is 2.22. The molecule has 0 unspecified atom stereocenters. The highest BCUT2D eigenvalue weighted by molar-refractivity contribution is 5.78. The lowest BCUT2D eigenvalue weighted by Crippen LogP contribution is -2.01. The van der Waals surface area contributed by atoms with Crippen LogP contribution in [0.3, 0.4) is 0 Å². The molecule has 0 spiro atoms. The molecule has 0 radical (unpaired) electrons. The van der Waals surface area contributed by atoms with Gasteiger partial charge in [-0.15, -0.1) is 0 Å². The summed E-state index contributed by atoms with van der Waals surface area (Å²) >= 11 is 0. The third-order valence-corrected chi connectivity index (χ3v) is 5.72. The average Bonchev–Trinajstić information content (AvgIpc) is 3.27. The second-order valence-corrected chi connectivity index (χ2v) is 7.56. The summed E-state index contributed by atoms with van der Waals surface area (Å²) in [7, 11) is 6.42. The molecule has 176 valence electrons. The van der Waals surface area contributed by atoms with Crippen molar-refractivity contribution in [1.82, 2.24) is 9.78 Å². The summed E-state index contributed by atoms with van der Waals surface area (Å²) in [5, 5.41) is 4.98. The molecular formula is C27H27FN2O4. The fourth-order valence-electron chi connectivity index (χ4n) is 4.05. The second kappa shape index (κ2) is 9.87. The van der Waals surface area contributed by atoms with E-state index in [9.17, 15) is 4.39 Å².